The Labute approximate surface area is 82.0 Å². The molecular formula is C13H18. The normalized spacial score (nSPS) is 12.4. The molecule has 0 heteroatoms. The van der Waals surface area contributed by atoms with Crippen LogP contribution >= 0.6 is 0 Å². The van der Waals surface area contributed by atoms with Crippen LogP contribution in [0.4, 0.5) is 0 Å². The van der Waals surface area contributed by atoms with Crippen LogP contribution in [0.1, 0.15) is 33.1 Å². The monoisotopic (exact) mass is 174 g/mol. The average molecular weight is 174 g/mol. The summed E-state index contributed by atoms with van der Waals surface area (Å²) in [5.41, 5.74) is 2.69. The lowest BCUT2D eigenvalue weighted by Crippen LogP contribution is -1.87. The molecule has 0 radical (unpaired) electrons. The number of terminal acetylenes is 1. The SMILES string of the molecule is C#CC/C=C(CC)\C(=C/C=C)CC. The van der Waals surface area contributed by atoms with Gasteiger partial charge in [0.15, 0.2) is 0 Å². The Kier molecular flexibility index (Phi) is 6.73. The van der Waals surface area contributed by atoms with Gasteiger partial charge in [0, 0.05) is 6.42 Å². The second-order valence-corrected chi connectivity index (χ2v) is 2.77. The van der Waals surface area contributed by atoms with Crippen LogP contribution in [0.15, 0.2) is 36.0 Å². The Balaban J connectivity index is 4.63. The first-order chi connectivity index (χ1) is 6.29. The van der Waals surface area contributed by atoms with Crippen LogP contribution in [-0.4, -0.2) is 0 Å². The Morgan fingerprint density at radius 2 is 1.92 bits per heavy atom. The molecule has 0 aromatic carbocycles. The highest BCUT2D eigenvalue weighted by Gasteiger charge is 1.98. The molecule has 0 N–H and O–H groups in total. The lowest BCUT2D eigenvalue weighted by atomic mass is 10.00. The van der Waals surface area contributed by atoms with E-state index in [1.807, 2.05) is 6.08 Å². The van der Waals surface area contributed by atoms with Crippen LogP contribution in [0.25, 0.3) is 0 Å². The van der Waals surface area contributed by atoms with Crippen molar-refractivity contribution in [2.45, 2.75) is 33.1 Å². The number of hydrogen-bond donors (Lipinski definition) is 0. The van der Waals surface area contributed by atoms with Crippen molar-refractivity contribution < 1.29 is 0 Å². The molecule has 0 fully saturated rings. The second kappa shape index (κ2) is 7.43. The minimum absolute atomic E-state index is 0.720. The maximum atomic E-state index is 5.21. The summed E-state index contributed by atoms with van der Waals surface area (Å²) in [4.78, 5) is 0. The lowest BCUT2D eigenvalue weighted by molar-refractivity contribution is 1.01. The predicted molar refractivity (Wildman–Crippen MR) is 60.4 cm³/mol. The molecule has 0 atom stereocenters. The van der Waals surface area contributed by atoms with Gasteiger partial charge in [0.25, 0.3) is 0 Å². The molecule has 0 rings (SSSR count). The van der Waals surface area contributed by atoms with Gasteiger partial charge in [-0.2, -0.15) is 0 Å². The summed E-state index contributed by atoms with van der Waals surface area (Å²) in [6, 6.07) is 0. The Bertz CT molecular complexity index is 246. The van der Waals surface area contributed by atoms with Crippen LogP contribution in [0.5, 0.6) is 0 Å². The van der Waals surface area contributed by atoms with E-state index in [1.165, 1.54) is 11.1 Å². The van der Waals surface area contributed by atoms with Crippen LogP contribution in [-0.2, 0) is 0 Å². The molecule has 0 nitrogen and oxygen atoms in total. The molecule has 0 aliphatic carbocycles. The summed E-state index contributed by atoms with van der Waals surface area (Å²) < 4.78 is 0. The highest BCUT2D eigenvalue weighted by molar-refractivity contribution is 5.33. The van der Waals surface area contributed by atoms with Crippen LogP contribution in [0, 0.1) is 12.3 Å². The van der Waals surface area contributed by atoms with Crippen molar-refractivity contribution in [1.29, 1.82) is 0 Å². The molecule has 0 bridgehead atoms. The highest BCUT2D eigenvalue weighted by atomic mass is 14.0. The number of allylic oxidation sites excluding steroid dienone is 5. The van der Waals surface area contributed by atoms with Crippen LogP contribution in [0.2, 0.25) is 0 Å². The topological polar surface area (TPSA) is 0 Å². The van der Waals surface area contributed by atoms with Crippen LogP contribution < -0.4 is 0 Å². The molecule has 0 spiro atoms. The van der Waals surface area contributed by atoms with Gasteiger partial charge in [0.05, 0.1) is 0 Å². The van der Waals surface area contributed by atoms with Gasteiger partial charge < -0.3 is 0 Å². The van der Waals surface area contributed by atoms with E-state index in [4.69, 9.17) is 6.42 Å². The zero-order chi connectivity index (χ0) is 10.1. The van der Waals surface area contributed by atoms with E-state index in [0.29, 0.717) is 0 Å². The van der Waals surface area contributed by atoms with E-state index in [0.717, 1.165) is 19.3 Å². The fraction of sp³-hybridized carbons (Fsp3) is 0.385. The lowest BCUT2D eigenvalue weighted by Gasteiger charge is -2.06. The Morgan fingerprint density at radius 3 is 2.31 bits per heavy atom. The standard InChI is InChI=1S/C13H18/c1-5-9-11-13(8-4)12(7-3)10-6-2/h1,6,10-11H,2,7-9H2,3-4H3/b12-10-,13-11-. The molecule has 70 valence electrons. The van der Waals surface area contributed by atoms with E-state index in [1.54, 1.807) is 0 Å². The second-order valence-electron chi connectivity index (χ2n) is 2.77. The molecular weight excluding hydrogens is 156 g/mol. The van der Waals surface area contributed by atoms with Gasteiger partial charge in [-0.15, -0.1) is 12.3 Å². The summed E-state index contributed by atoms with van der Waals surface area (Å²) in [6.45, 7) is 8.00. The first kappa shape index (κ1) is 11.8. The minimum atomic E-state index is 0.720. The van der Waals surface area contributed by atoms with E-state index >= 15 is 0 Å². The molecule has 0 amide bonds. The van der Waals surface area contributed by atoms with Gasteiger partial charge in [0.2, 0.25) is 0 Å². The largest absolute Gasteiger partial charge is 0.120 e. The van der Waals surface area contributed by atoms with Gasteiger partial charge in [-0.25, -0.2) is 0 Å². The van der Waals surface area contributed by atoms with Crippen molar-refractivity contribution >= 4 is 0 Å². The van der Waals surface area contributed by atoms with Crippen LogP contribution in [0.3, 0.4) is 0 Å². The summed E-state index contributed by atoms with van der Waals surface area (Å²) >= 11 is 0. The van der Waals surface area contributed by atoms with E-state index in [-0.39, 0.29) is 0 Å². The minimum Gasteiger partial charge on any atom is -0.120 e. The van der Waals surface area contributed by atoms with Crippen molar-refractivity contribution in [2.24, 2.45) is 0 Å². The van der Waals surface area contributed by atoms with Crippen molar-refractivity contribution in [2.75, 3.05) is 0 Å². The third kappa shape index (κ3) is 4.38. The Hall–Kier alpha value is -1.22. The summed E-state index contributed by atoms with van der Waals surface area (Å²) in [5.74, 6) is 2.62. The van der Waals surface area contributed by atoms with E-state index < -0.39 is 0 Å². The molecule has 0 heterocycles. The maximum absolute atomic E-state index is 5.21. The fourth-order valence-corrected chi connectivity index (χ4v) is 1.28. The molecule has 13 heavy (non-hydrogen) atoms. The zero-order valence-electron chi connectivity index (χ0n) is 8.64. The fourth-order valence-electron chi connectivity index (χ4n) is 1.28. The van der Waals surface area contributed by atoms with Gasteiger partial charge >= 0.3 is 0 Å². The van der Waals surface area contributed by atoms with Crippen molar-refractivity contribution in [1.82, 2.24) is 0 Å². The highest BCUT2D eigenvalue weighted by Crippen LogP contribution is 2.17. The first-order valence-electron chi connectivity index (χ1n) is 4.74. The van der Waals surface area contributed by atoms with Gasteiger partial charge in [-0.3, -0.25) is 0 Å². The summed E-state index contributed by atoms with van der Waals surface area (Å²) in [5, 5.41) is 0. The quantitative estimate of drug-likeness (QED) is 0.438. The summed E-state index contributed by atoms with van der Waals surface area (Å²) in [6.07, 6.45) is 14.0. The van der Waals surface area contributed by atoms with E-state index in [9.17, 15) is 0 Å². The molecule has 0 aromatic rings. The van der Waals surface area contributed by atoms with Crippen molar-refractivity contribution in [3.05, 3.63) is 36.0 Å². The third-order valence-corrected chi connectivity index (χ3v) is 1.96. The zero-order valence-corrected chi connectivity index (χ0v) is 8.64. The maximum Gasteiger partial charge on any atom is 0.0272 e. The van der Waals surface area contributed by atoms with Gasteiger partial charge in [-0.1, -0.05) is 38.7 Å². The third-order valence-electron chi connectivity index (χ3n) is 1.96. The molecule has 0 aromatic heterocycles. The van der Waals surface area contributed by atoms with Gasteiger partial charge in [0.1, 0.15) is 0 Å². The predicted octanol–water partition coefficient (Wildman–Crippen LogP) is 3.87. The molecule has 0 aliphatic heterocycles. The average Bonchev–Trinajstić information content (AvgIpc) is 2.17. The smallest absolute Gasteiger partial charge is 0.0272 e. The molecule has 0 unspecified atom stereocenters. The molecule has 0 saturated carbocycles. The van der Waals surface area contributed by atoms with Crippen molar-refractivity contribution in [3.63, 3.8) is 0 Å². The van der Waals surface area contributed by atoms with Crippen molar-refractivity contribution in [3.8, 4) is 12.3 Å². The first-order valence-corrected chi connectivity index (χ1v) is 4.74. The number of rotatable bonds is 5. The molecule has 0 aliphatic rings. The summed E-state index contributed by atoms with van der Waals surface area (Å²) in [7, 11) is 0. The number of hydrogen-bond acceptors (Lipinski definition) is 0. The van der Waals surface area contributed by atoms with E-state index in [2.05, 4.69) is 38.5 Å². The van der Waals surface area contributed by atoms with Gasteiger partial charge in [-0.05, 0) is 24.0 Å². The Morgan fingerprint density at radius 1 is 1.31 bits per heavy atom. The molecule has 0 saturated heterocycles.